The Kier molecular flexibility index (Phi) is 5.77. The molecule has 6 nitrogen and oxygen atoms in total. The van der Waals surface area contributed by atoms with E-state index in [0.717, 1.165) is 33.2 Å². The summed E-state index contributed by atoms with van der Waals surface area (Å²) in [6.45, 7) is 5.26. The first-order valence-corrected chi connectivity index (χ1v) is 13.5. The number of amides is 2. The van der Waals surface area contributed by atoms with Crippen LogP contribution in [0, 0.1) is 0 Å². The molecule has 0 N–H and O–H groups in total. The first kappa shape index (κ1) is 21.9. The smallest absolute Gasteiger partial charge is 0.261 e. The van der Waals surface area contributed by atoms with Crippen LogP contribution < -0.4 is 0 Å². The number of carbonyl (C=O) groups is 2. The normalized spacial score (nSPS) is 20.2. The number of rotatable bonds is 6. The number of imide groups is 1. The molecule has 5 rings (SSSR count). The first-order chi connectivity index (χ1) is 15.4. The Bertz CT molecular complexity index is 1210. The number of carbonyl (C=O) groups excluding carboxylic acids is 2. The van der Waals surface area contributed by atoms with Gasteiger partial charge in [0.2, 0.25) is 0 Å². The summed E-state index contributed by atoms with van der Waals surface area (Å²) in [6, 6.07) is 7.01. The lowest BCUT2D eigenvalue weighted by Crippen LogP contribution is -2.34. The second-order valence-electron chi connectivity index (χ2n) is 8.12. The molecular weight excluding hydrogens is 462 g/mol. The average Bonchev–Trinajstić information content (AvgIpc) is 3.29. The molecule has 0 saturated heterocycles. The average molecular weight is 486 g/mol. The van der Waals surface area contributed by atoms with Gasteiger partial charge in [0.25, 0.3) is 11.8 Å². The fraction of sp³-hybridized carbons (Fsp3) is 0.391. The summed E-state index contributed by atoms with van der Waals surface area (Å²) in [5, 5.41) is 2.77. The quantitative estimate of drug-likeness (QED) is 0.210. The Balaban J connectivity index is 1.41. The second kappa shape index (κ2) is 8.44. The van der Waals surface area contributed by atoms with E-state index < -0.39 is 0 Å². The zero-order valence-electron chi connectivity index (χ0n) is 18.1. The van der Waals surface area contributed by atoms with Gasteiger partial charge in [0.1, 0.15) is 9.86 Å². The van der Waals surface area contributed by atoms with Gasteiger partial charge in [-0.15, -0.1) is 23.1 Å². The van der Waals surface area contributed by atoms with Crippen molar-refractivity contribution in [1.29, 1.82) is 0 Å². The van der Waals surface area contributed by atoms with Crippen molar-refractivity contribution in [2.45, 2.75) is 49.1 Å². The zero-order valence-corrected chi connectivity index (χ0v) is 20.6. The van der Waals surface area contributed by atoms with E-state index in [4.69, 9.17) is 14.7 Å². The summed E-state index contributed by atoms with van der Waals surface area (Å²) in [7, 11) is 0. The Morgan fingerprint density at radius 2 is 1.91 bits per heavy atom. The van der Waals surface area contributed by atoms with Crippen LogP contribution in [0.25, 0.3) is 10.2 Å². The van der Waals surface area contributed by atoms with Crippen molar-refractivity contribution in [2.24, 2.45) is 0 Å². The maximum Gasteiger partial charge on any atom is 0.261 e. The maximum atomic E-state index is 12.7. The number of nitrogens with zero attached hydrogens (tertiary/aromatic N) is 3. The van der Waals surface area contributed by atoms with Crippen molar-refractivity contribution in [1.82, 2.24) is 14.9 Å². The molecule has 4 heterocycles. The number of aromatic nitrogens is 2. The molecule has 2 aromatic heterocycles. The van der Waals surface area contributed by atoms with Gasteiger partial charge in [0.15, 0.2) is 5.16 Å². The highest BCUT2D eigenvalue weighted by Crippen LogP contribution is 2.43. The van der Waals surface area contributed by atoms with Gasteiger partial charge in [0.05, 0.1) is 23.3 Å². The number of benzene rings is 1. The topological polar surface area (TPSA) is 72.4 Å². The second-order valence-corrected chi connectivity index (χ2v) is 11.1. The highest BCUT2D eigenvalue weighted by atomic mass is 32.2. The summed E-state index contributed by atoms with van der Waals surface area (Å²) in [6.07, 6.45) is 3.75. The number of fused-ring (bicyclic) bond motifs is 4. The van der Waals surface area contributed by atoms with Gasteiger partial charge in [0, 0.05) is 29.0 Å². The van der Waals surface area contributed by atoms with E-state index in [9.17, 15) is 9.59 Å². The van der Waals surface area contributed by atoms with Crippen LogP contribution in [0.1, 0.15) is 51.4 Å². The zero-order chi connectivity index (χ0) is 22.5. The van der Waals surface area contributed by atoms with E-state index in [-0.39, 0.29) is 17.4 Å². The van der Waals surface area contributed by atoms with Crippen LogP contribution in [-0.4, -0.2) is 50.8 Å². The van der Waals surface area contributed by atoms with E-state index in [2.05, 4.69) is 13.8 Å². The minimum Gasteiger partial charge on any atom is -0.369 e. The Morgan fingerprint density at radius 1 is 1.19 bits per heavy atom. The minimum atomic E-state index is -0.215. The van der Waals surface area contributed by atoms with Crippen molar-refractivity contribution in [3.05, 3.63) is 45.8 Å². The largest absolute Gasteiger partial charge is 0.369 e. The van der Waals surface area contributed by atoms with Gasteiger partial charge in [-0.25, -0.2) is 9.97 Å². The Hall–Kier alpha value is -1.94. The molecule has 1 atom stereocenters. The molecule has 2 amide bonds. The Labute approximate surface area is 199 Å². The van der Waals surface area contributed by atoms with Crippen molar-refractivity contribution in [3.63, 3.8) is 0 Å². The molecule has 0 aliphatic carbocycles. The molecule has 2 aliphatic heterocycles. The van der Waals surface area contributed by atoms with Crippen LogP contribution in [-0.2, 0) is 17.8 Å². The van der Waals surface area contributed by atoms with Gasteiger partial charge in [-0.3, -0.25) is 14.5 Å². The number of hydrogen-bond donors (Lipinski definition) is 0. The number of thiophene rings is 1. The monoisotopic (exact) mass is 485 g/mol. The van der Waals surface area contributed by atoms with Gasteiger partial charge in [-0.2, -0.15) is 0 Å². The predicted molar refractivity (Wildman–Crippen MR) is 129 cm³/mol. The van der Waals surface area contributed by atoms with E-state index >= 15 is 0 Å². The van der Waals surface area contributed by atoms with Crippen LogP contribution in [0.4, 0.5) is 0 Å². The molecule has 9 heteroatoms. The summed E-state index contributed by atoms with van der Waals surface area (Å²) >= 11 is 4.79. The molecule has 32 heavy (non-hydrogen) atoms. The molecule has 0 bridgehead atoms. The third kappa shape index (κ3) is 3.65. The highest BCUT2D eigenvalue weighted by Gasteiger charge is 2.35. The molecule has 0 fully saturated rings. The third-order valence-corrected chi connectivity index (χ3v) is 8.75. The lowest BCUT2D eigenvalue weighted by atomic mass is 9.90. The third-order valence-electron chi connectivity index (χ3n) is 6.15. The standard InChI is InChI=1S/C23H23N3O3S3/c1-4-23(2)11-15-16(12-29-23)32-19-17(15)18(24-22(25-19)30-3)31-10-9-26-20(27)13-7-5-6-8-14(13)21(26)28/h5-8H,4,9-12H2,1-3H3/t23-/m0/s1. The number of hydrogen-bond acceptors (Lipinski definition) is 8. The van der Waals surface area contributed by atoms with E-state index in [1.165, 1.54) is 27.1 Å². The van der Waals surface area contributed by atoms with Crippen LogP contribution in [0.2, 0.25) is 0 Å². The van der Waals surface area contributed by atoms with Gasteiger partial charge < -0.3 is 4.74 Å². The summed E-state index contributed by atoms with van der Waals surface area (Å²) < 4.78 is 6.14. The van der Waals surface area contributed by atoms with Crippen LogP contribution >= 0.6 is 34.9 Å². The lowest BCUT2D eigenvalue weighted by molar-refractivity contribution is -0.0543. The van der Waals surface area contributed by atoms with E-state index in [0.29, 0.717) is 30.0 Å². The number of thioether (sulfide) groups is 2. The van der Waals surface area contributed by atoms with Crippen LogP contribution in [0.5, 0.6) is 0 Å². The van der Waals surface area contributed by atoms with Gasteiger partial charge in [-0.05, 0) is 37.3 Å². The molecule has 0 spiro atoms. The van der Waals surface area contributed by atoms with Gasteiger partial charge in [-0.1, -0.05) is 30.8 Å². The Morgan fingerprint density at radius 3 is 2.56 bits per heavy atom. The summed E-state index contributed by atoms with van der Waals surface area (Å²) in [5.41, 5.74) is 2.09. The molecule has 2 aliphatic rings. The lowest BCUT2D eigenvalue weighted by Gasteiger charge is -2.33. The van der Waals surface area contributed by atoms with Crippen LogP contribution in [0.3, 0.4) is 0 Å². The molecule has 166 valence electrons. The van der Waals surface area contributed by atoms with Gasteiger partial charge >= 0.3 is 0 Å². The molecule has 3 aromatic rings. The van der Waals surface area contributed by atoms with Crippen molar-refractivity contribution >= 4 is 56.9 Å². The summed E-state index contributed by atoms with van der Waals surface area (Å²) in [4.78, 5) is 38.5. The van der Waals surface area contributed by atoms with Crippen LogP contribution in [0.15, 0.2) is 34.4 Å². The van der Waals surface area contributed by atoms with Crippen molar-refractivity contribution < 1.29 is 14.3 Å². The minimum absolute atomic E-state index is 0.179. The molecule has 0 unspecified atom stereocenters. The number of ether oxygens (including phenoxy) is 1. The van der Waals surface area contributed by atoms with Crippen molar-refractivity contribution in [2.75, 3.05) is 18.6 Å². The fourth-order valence-corrected chi connectivity index (χ4v) is 6.75. The SMILES string of the molecule is CC[C@@]1(C)Cc2c(sc3nc(SC)nc(SCCN4C(=O)c5ccccc5C4=O)c23)CO1. The first-order valence-electron chi connectivity index (χ1n) is 10.5. The summed E-state index contributed by atoms with van der Waals surface area (Å²) in [5.74, 6) is 0.151. The fourth-order valence-electron chi connectivity index (χ4n) is 4.12. The van der Waals surface area contributed by atoms with E-state index in [1.54, 1.807) is 47.4 Å². The molecule has 0 saturated carbocycles. The molecule has 1 aromatic carbocycles. The molecule has 0 radical (unpaired) electrons. The predicted octanol–water partition coefficient (Wildman–Crippen LogP) is 5.04. The molecular formula is C23H23N3O3S3. The van der Waals surface area contributed by atoms with Crippen molar-refractivity contribution in [3.8, 4) is 0 Å². The maximum absolute atomic E-state index is 12.7. The highest BCUT2D eigenvalue weighted by molar-refractivity contribution is 7.99. The van der Waals surface area contributed by atoms with E-state index in [1.807, 2.05) is 6.26 Å².